The molecule has 0 saturated carbocycles. The van der Waals surface area contributed by atoms with Crippen molar-refractivity contribution in [2.24, 2.45) is 0 Å². The third-order valence-electron chi connectivity index (χ3n) is 4.85. The molecule has 4 heterocycles. The van der Waals surface area contributed by atoms with Gasteiger partial charge in [-0.05, 0) is 50.3 Å². The van der Waals surface area contributed by atoms with Gasteiger partial charge in [0.2, 0.25) is 0 Å². The first kappa shape index (κ1) is 20.5. The zero-order chi connectivity index (χ0) is 20.4. The van der Waals surface area contributed by atoms with E-state index in [4.69, 9.17) is 4.42 Å². The van der Waals surface area contributed by atoms with E-state index in [2.05, 4.69) is 23.7 Å². The Hall–Kier alpha value is -1.79. The molecule has 0 aliphatic carbocycles. The summed E-state index contributed by atoms with van der Waals surface area (Å²) in [6.07, 6.45) is 2.04. The fourth-order valence-corrected chi connectivity index (χ4v) is 5.79. The van der Waals surface area contributed by atoms with Crippen LogP contribution in [0.3, 0.4) is 0 Å². The Labute approximate surface area is 181 Å². The van der Waals surface area contributed by atoms with Gasteiger partial charge < -0.3 is 25.3 Å². The van der Waals surface area contributed by atoms with E-state index in [1.807, 2.05) is 25.3 Å². The average molecular weight is 454 g/mol. The topological polar surface area (TPSA) is 107 Å². The molecule has 0 bridgehead atoms. The number of rotatable bonds is 8. The lowest BCUT2D eigenvalue weighted by Gasteiger charge is -2.20. The van der Waals surface area contributed by atoms with Crippen LogP contribution in [0, 0.1) is 13.8 Å². The molecule has 1 fully saturated rings. The first-order valence-corrected chi connectivity index (χ1v) is 11.7. The zero-order valence-electron chi connectivity index (χ0n) is 16.1. The maximum absolute atomic E-state index is 10.6. The van der Waals surface area contributed by atoms with Gasteiger partial charge in [-0.1, -0.05) is 0 Å². The quantitative estimate of drug-likeness (QED) is 0.371. The van der Waals surface area contributed by atoms with Gasteiger partial charge in [-0.3, -0.25) is 0 Å². The Morgan fingerprint density at radius 3 is 2.93 bits per heavy atom. The molecular formula is C18H23N5O3S3. The summed E-state index contributed by atoms with van der Waals surface area (Å²) in [5, 5.41) is 28.4. The van der Waals surface area contributed by atoms with Crippen molar-refractivity contribution in [2.75, 3.05) is 23.8 Å². The normalized spacial score (nSPS) is 17.1. The lowest BCUT2D eigenvalue weighted by Crippen LogP contribution is -2.25. The van der Waals surface area contributed by atoms with E-state index in [0.717, 1.165) is 52.4 Å². The van der Waals surface area contributed by atoms with Crippen LogP contribution in [0.1, 0.15) is 29.9 Å². The maximum Gasteiger partial charge on any atom is 0.188 e. The molecule has 1 unspecified atom stereocenters. The summed E-state index contributed by atoms with van der Waals surface area (Å²) < 4.78 is 17.2. The van der Waals surface area contributed by atoms with Crippen molar-refractivity contribution in [3.63, 3.8) is 0 Å². The van der Waals surface area contributed by atoms with Crippen molar-refractivity contribution in [1.82, 2.24) is 13.1 Å². The highest BCUT2D eigenvalue weighted by atomic mass is 32.2. The van der Waals surface area contributed by atoms with E-state index >= 15 is 0 Å². The minimum atomic E-state index is 0.137. The minimum absolute atomic E-state index is 0.137. The molecule has 0 radical (unpaired) electrons. The Morgan fingerprint density at radius 1 is 1.34 bits per heavy atom. The van der Waals surface area contributed by atoms with E-state index in [1.54, 1.807) is 0 Å². The van der Waals surface area contributed by atoms with Crippen LogP contribution in [0.4, 0.5) is 17.3 Å². The van der Waals surface area contributed by atoms with Crippen LogP contribution in [0.5, 0.6) is 5.75 Å². The highest BCUT2D eigenvalue weighted by Gasteiger charge is 2.27. The largest absolute Gasteiger partial charge is 0.504 e. The number of aromatic hydroxyl groups is 1. The number of hydrogen-bond acceptors (Lipinski definition) is 11. The fourth-order valence-electron chi connectivity index (χ4n) is 3.13. The number of nitrogens with one attached hydrogen (secondary N) is 2. The molecule has 4 N–H and O–H groups in total. The average Bonchev–Trinajstić information content (AvgIpc) is 3.47. The molecule has 3 aromatic rings. The summed E-state index contributed by atoms with van der Waals surface area (Å²) in [4.78, 5) is 0. The van der Waals surface area contributed by atoms with E-state index in [-0.39, 0.29) is 18.4 Å². The van der Waals surface area contributed by atoms with Crippen molar-refractivity contribution in [3.8, 4) is 5.75 Å². The summed E-state index contributed by atoms with van der Waals surface area (Å²) in [6.45, 7) is 5.50. The van der Waals surface area contributed by atoms with Gasteiger partial charge in [0.15, 0.2) is 17.4 Å². The number of nitrogens with zero attached hydrogens (tertiary/aromatic N) is 3. The van der Waals surface area contributed by atoms with Gasteiger partial charge in [0.25, 0.3) is 0 Å². The second kappa shape index (κ2) is 8.92. The zero-order valence-corrected chi connectivity index (χ0v) is 18.6. The van der Waals surface area contributed by atoms with Crippen LogP contribution in [0.15, 0.2) is 20.1 Å². The predicted octanol–water partition coefficient (Wildman–Crippen LogP) is 4.33. The van der Waals surface area contributed by atoms with Gasteiger partial charge in [0.1, 0.15) is 15.7 Å². The first-order chi connectivity index (χ1) is 14.0. The summed E-state index contributed by atoms with van der Waals surface area (Å²) in [5.41, 5.74) is 1.71. The summed E-state index contributed by atoms with van der Waals surface area (Å²) in [7, 11) is 0. The lowest BCUT2D eigenvalue weighted by molar-refractivity contribution is 0.221. The van der Waals surface area contributed by atoms with Crippen molar-refractivity contribution < 1.29 is 14.6 Å². The molecule has 8 nitrogen and oxygen atoms in total. The second-order valence-corrected chi connectivity index (χ2v) is 9.61. The summed E-state index contributed by atoms with van der Waals surface area (Å²) in [5.74, 6) is 3.11. The van der Waals surface area contributed by atoms with E-state index < -0.39 is 0 Å². The molecular weight excluding hydrogens is 430 g/mol. The minimum Gasteiger partial charge on any atom is -0.504 e. The van der Waals surface area contributed by atoms with Crippen LogP contribution in [-0.4, -0.2) is 42.5 Å². The molecule has 1 atom stereocenters. The summed E-state index contributed by atoms with van der Waals surface area (Å²) in [6, 6.07) is 2.15. The molecule has 0 aromatic carbocycles. The van der Waals surface area contributed by atoms with Gasteiger partial charge in [0, 0.05) is 18.0 Å². The monoisotopic (exact) mass is 453 g/mol. The Balaban J connectivity index is 1.41. The highest BCUT2D eigenvalue weighted by Crippen LogP contribution is 2.45. The number of aryl methyl sites for hydroxylation is 2. The molecule has 0 spiro atoms. The number of aromatic nitrogens is 2. The molecule has 11 heteroatoms. The molecule has 1 saturated heterocycles. The predicted molar refractivity (Wildman–Crippen MR) is 117 cm³/mol. The summed E-state index contributed by atoms with van der Waals surface area (Å²) >= 11 is 4.06. The van der Waals surface area contributed by atoms with Crippen LogP contribution in [0.2, 0.25) is 0 Å². The van der Waals surface area contributed by atoms with E-state index in [9.17, 15) is 10.2 Å². The number of furan rings is 1. The second-order valence-electron chi connectivity index (χ2n) is 6.89. The fraction of sp³-hybridized carbons (Fsp3) is 0.444. The van der Waals surface area contributed by atoms with Crippen molar-refractivity contribution in [3.05, 3.63) is 28.5 Å². The number of anilines is 3. The third-order valence-corrected chi connectivity index (χ3v) is 7.73. The maximum atomic E-state index is 10.6. The molecule has 1 aliphatic heterocycles. The number of aliphatic hydroxyl groups is 1. The van der Waals surface area contributed by atoms with Crippen LogP contribution >= 0.6 is 35.0 Å². The van der Waals surface area contributed by atoms with Crippen LogP contribution in [-0.2, 0) is 6.54 Å². The third kappa shape index (κ3) is 4.53. The molecule has 156 valence electrons. The number of hydrogen-bond donors (Lipinski definition) is 4. The van der Waals surface area contributed by atoms with Gasteiger partial charge in [-0.15, -0.1) is 11.3 Å². The van der Waals surface area contributed by atoms with Crippen molar-refractivity contribution in [2.45, 2.75) is 43.5 Å². The van der Waals surface area contributed by atoms with Gasteiger partial charge in [-0.25, -0.2) is 4.31 Å². The van der Waals surface area contributed by atoms with Gasteiger partial charge in [0.05, 0.1) is 30.6 Å². The SMILES string of the molecule is Cc1cc(CNc2nsnc2Nc2csc(SN3CCCC3CO)c2O)oc1C. The first-order valence-electron chi connectivity index (χ1n) is 9.30. The number of aliphatic hydroxyl groups excluding tert-OH is 1. The lowest BCUT2D eigenvalue weighted by atomic mass is 10.2. The molecule has 29 heavy (non-hydrogen) atoms. The standard InChI is InChI=1S/C18H23N5O3S3/c1-10-6-13(26-11(10)2)7-19-16-17(22-29-21-16)20-14-9-27-18(15(14)25)28-23-5-3-4-12(23)8-24/h6,9,12,24-25H,3-5,7-8H2,1-2H3,(H,19,21)(H,20,22). The smallest absolute Gasteiger partial charge is 0.188 e. The Bertz CT molecular complexity index is 951. The van der Waals surface area contributed by atoms with E-state index in [1.165, 1.54) is 23.3 Å². The van der Waals surface area contributed by atoms with Crippen molar-refractivity contribution >= 4 is 52.3 Å². The molecule has 1 aliphatic rings. The molecule has 3 aromatic heterocycles. The highest BCUT2D eigenvalue weighted by molar-refractivity contribution is 7.99. The van der Waals surface area contributed by atoms with Crippen LogP contribution in [0.25, 0.3) is 0 Å². The Morgan fingerprint density at radius 2 is 2.17 bits per heavy atom. The van der Waals surface area contributed by atoms with Crippen molar-refractivity contribution in [1.29, 1.82) is 0 Å². The van der Waals surface area contributed by atoms with Gasteiger partial charge in [-0.2, -0.15) is 8.75 Å². The van der Waals surface area contributed by atoms with E-state index in [0.29, 0.717) is 23.9 Å². The van der Waals surface area contributed by atoms with Crippen LogP contribution < -0.4 is 10.6 Å². The molecule has 0 amide bonds. The molecule has 4 rings (SSSR count). The number of thiophene rings is 1. The Kier molecular flexibility index (Phi) is 6.30. The van der Waals surface area contributed by atoms with Gasteiger partial charge >= 0.3 is 0 Å².